The van der Waals surface area contributed by atoms with Crippen LogP contribution in [0.25, 0.3) is 0 Å². The van der Waals surface area contributed by atoms with E-state index in [1.807, 2.05) is 13.8 Å². The van der Waals surface area contributed by atoms with Crippen molar-refractivity contribution in [3.8, 4) is 5.75 Å². The van der Waals surface area contributed by atoms with Crippen molar-refractivity contribution >= 4 is 16.0 Å². The van der Waals surface area contributed by atoms with Gasteiger partial charge < -0.3 is 9.47 Å². The van der Waals surface area contributed by atoms with Crippen molar-refractivity contribution in [1.29, 1.82) is 0 Å². The zero-order chi connectivity index (χ0) is 15.6. The molecule has 1 aliphatic heterocycles. The van der Waals surface area contributed by atoms with Gasteiger partial charge >= 0.3 is 5.97 Å². The molecular weight excluding hydrogens is 294 g/mol. The number of rotatable bonds is 4. The van der Waals surface area contributed by atoms with Gasteiger partial charge in [-0.15, -0.1) is 0 Å². The van der Waals surface area contributed by atoms with Gasteiger partial charge in [-0.05, 0) is 38.0 Å². The summed E-state index contributed by atoms with van der Waals surface area (Å²) in [6, 6.07) is 4.29. The van der Waals surface area contributed by atoms with E-state index in [1.165, 1.54) is 18.2 Å². The second kappa shape index (κ2) is 6.03. The molecule has 1 aromatic carbocycles. The first-order valence-corrected chi connectivity index (χ1v) is 8.37. The van der Waals surface area contributed by atoms with Gasteiger partial charge in [0.25, 0.3) is 0 Å². The van der Waals surface area contributed by atoms with E-state index in [4.69, 9.17) is 14.6 Å². The fourth-order valence-electron chi connectivity index (χ4n) is 2.16. The molecule has 1 aromatic rings. The summed E-state index contributed by atoms with van der Waals surface area (Å²) >= 11 is 0. The van der Waals surface area contributed by atoms with Crippen LogP contribution in [0.2, 0.25) is 0 Å². The molecule has 0 amide bonds. The predicted octanol–water partition coefficient (Wildman–Crippen LogP) is 1.54. The number of primary sulfonamides is 1. The Bertz CT molecular complexity index is 641. The van der Waals surface area contributed by atoms with Crippen molar-refractivity contribution in [1.82, 2.24) is 0 Å². The molecule has 0 saturated heterocycles. The number of ether oxygens (including phenoxy) is 2. The maximum atomic E-state index is 12.2. The standard InChI is InChI=1S/C14H19NO5S/c1-3-9(2)20-14(16)11-6-7-19-13-5-4-10(8-12(11)13)21(15,17)18/h4-5,8-9,11H,3,6-7H2,1-2H3,(H2,15,17,18). The molecule has 2 atom stereocenters. The number of sulfonamides is 1. The minimum absolute atomic E-state index is 0.0342. The molecule has 0 bridgehead atoms. The van der Waals surface area contributed by atoms with Crippen LogP contribution in [0.3, 0.4) is 0 Å². The molecule has 7 heteroatoms. The van der Waals surface area contributed by atoms with E-state index < -0.39 is 15.9 Å². The van der Waals surface area contributed by atoms with Gasteiger partial charge in [0.2, 0.25) is 10.0 Å². The maximum absolute atomic E-state index is 12.2. The fraction of sp³-hybridized carbons (Fsp3) is 0.500. The summed E-state index contributed by atoms with van der Waals surface area (Å²) in [6.07, 6.45) is 1.00. The van der Waals surface area contributed by atoms with Crippen molar-refractivity contribution in [2.45, 2.75) is 43.6 Å². The van der Waals surface area contributed by atoms with Gasteiger partial charge in [0.15, 0.2) is 0 Å². The van der Waals surface area contributed by atoms with Gasteiger partial charge in [-0.2, -0.15) is 0 Å². The van der Waals surface area contributed by atoms with Crippen molar-refractivity contribution < 1.29 is 22.7 Å². The Morgan fingerprint density at radius 3 is 2.86 bits per heavy atom. The number of carbonyl (C=O) groups excluding carboxylic acids is 1. The third-order valence-corrected chi connectivity index (χ3v) is 4.44. The second-order valence-corrected chi connectivity index (χ2v) is 6.65. The van der Waals surface area contributed by atoms with Crippen molar-refractivity contribution in [2.24, 2.45) is 5.14 Å². The lowest BCUT2D eigenvalue weighted by atomic mass is 9.93. The topological polar surface area (TPSA) is 95.7 Å². The van der Waals surface area contributed by atoms with Gasteiger partial charge in [0, 0.05) is 5.56 Å². The van der Waals surface area contributed by atoms with Gasteiger partial charge in [-0.3, -0.25) is 4.79 Å². The summed E-state index contributed by atoms with van der Waals surface area (Å²) in [5.41, 5.74) is 0.515. The van der Waals surface area contributed by atoms with E-state index in [1.54, 1.807) is 0 Å². The highest BCUT2D eigenvalue weighted by atomic mass is 32.2. The first kappa shape index (κ1) is 15.8. The summed E-state index contributed by atoms with van der Waals surface area (Å²) in [7, 11) is -3.82. The quantitative estimate of drug-likeness (QED) is 0.851. The Hall–Kier alpha value is -1.60. The van der Waals surface area contributed by atoms with E-state index in [-0.39, 0.29) is 17.0 Å². The number of nitrogens with two attached hydrogens (primary N) is 1. The number of fused-ring (bicyclic) bond motifs is 1. The normalized spacial score (nSPS) is 19.3. The Morgan fingerprint density at radius 2 is 2.24 bits per heavy atom. The Labute approximate surface area is 124 Å². The van der Waals surface area contributed by atoms with Crippen LogP contribution in [-0.4, -0.2) is 27.1 Å². The first-order valence-electron chi connectivity index (χ1n) is 6.83. The van der Waals surface area contributed by atoms with Crippen LogP contribution >= 0.6 is 0 Å². The Morgan fingerprint density at radius 1 is 1.52 bits per heavy atom. The summed E-state index contributed by atoms with van der Waals surface area (Å²) in [4.78, 5) is 12.2. The molecule has 6 nitrogen and oxygen atoms in total. The van der Waals surface area contributed by atoms with Crippen molar-refractivity contribution in [2.75, 3.05) is 6.61 Å². The van der Waals surface area contributed by atoms with Crippen LogP contribution in [0.15, 0.2) is 23.1 Å². The minimum Gasteiger partial charge on any atom is -0.493 e. The zero-order valence-corrected chi connectivity index (χ0v) is 12.9. The number of benzene rings is 1. The molecule has 0 aromatic heterocycles. The van der Waals surface area contributed by atoms with Crippen molar-refractivity contribution in [3.63, 3.8) is 0 Å². The molecule has 1 heterocycles. The monoisotopic (exact) mass is 313 g/mol. The maximum Gasteiger partial charge on any atom is 0.313 e. The second-order valence-electron chi connectivity index (χ2n) is 5.09. The highest BCUT2D eigenvalue weighted by molar-refractivity contribution is 7.89. The Kier molecular flexibility index (Phi) is 4.53. The van der Waals surface area contributed by atoms with Crippen molar-refractivity contribution in [3.05, 3.63) is 23.8 Å². The Balaban J connectivity index is 2.35. The molecule has 116 valence electrons. The number of carbonyl (C=O) groups is 1. The lowest BCUT2D eigenvalue weighted by molar-refractivity contribution is -0.151. The molecule has 0 radical (unpaired) electrons. The highest BCUT2D eigenvalue weighted by Gasteiger charge is 2.31. The first-order chi connectivity index (χ1) is 9.82. The van der Waals surface area contributed by atoms with Gasteiger partial charge in [0.1, 0.15) is 5.75 Å². The molecular formula is C14H19NO5S. The summed E-state index contributed by atoms with van der Waals surface area (Å²) < 4.78 is 33.7. The van der Waals surface area contributed by atoms with E-state index in [0.717, 1.165) is 6.42 Å². The average molecular weight is 313 g/mol. The molecule has 1 aliphatic rings. The van der Waals surface area contributed by atoms with Gasteiger partial charge in [-0.25, -0.2) is 13.6 Å². The van der Waals surface area contributed by atoms with Crippen LogP contribution < -0.4 is 9.88 Å². The van der Waals surface area contributed by atoms with Gasteiger partial charge in [-0.1, -0.05) is 6.92 Å². The molecule has 0 fully saturated rings. The van der Waals surface area contributed by atoms with E-state index >= 15 is 0 Å². The van der Waals surface area contributed by atoms with Crippen LogP contribution in [0.5, 0.6) is 5.75 Å². The van der Waals surface area contributed by atoms with E-state index in [9.17, 15) is 13.2 Å². The number of esters is 1. The summed E-state index contributed by atoms with van der Waals surface area (Å²) in [5, 5.41) is 5.13. The van der Waals surface area contributed by atoms with Crippen LogP contribution in [-0.2, 0) is 19.6 Å². The lowest BCUT2D eigenvalue weighted by Crippen LogP contribution is -2.26. The van der Waals surface area contributed by atoms with Gasteiger partial charge in [0.05, 0.1) is 23.5 Å². The molecule has 0 spiro atoms. The van der Waals surface area contributed by atoms with Crippen LogP contribution in [0.1, 0.15) is 38.2 Å². The molecule has 2 N–H and O–H groups in total. The largest absolute Gasteiger partial charge is 0.493 e. The summed E-state index contributed by atoms with van der Waals surface area (Å²) in [5.74, 6) is -0.385. The number of hydrogen-bond acceptors (Lipinski definition) is 5. The highest BCUT2D eigenvalue weighted by Crippen LogP contribution is 2.36. The summed E-state index contributed by atoms with van der Waals surface area (Å²) in [6.45, 7) is 4.13. The lowest BCUT2D eigenvalue weighted by Gasteiger charge is -2.26. The molecule has 21 heavy (non-hydrogen) atoms. The van der Waals surface area contributed by atoms with Crippen LogP contribution in [0, 0.1) is 0 Å². The SMILES string of the molecule is CCC(C)OC(=O)C1CCOc2ccc(S(N)(=O)=O)cc21. The molecule has 0 saturated carbocycles. The smallest absolute Gasteiger partial charge is 0.313 e. The van der Waals surface area contributed by atoms with Crippen LogP contribution in [0.4, 0.5) is 0 Å². The third kappa shape index (κ3) is 3.54. The third-order valence-electron chi connectivity index (χ3n) is 3.53. The zero-order valence-electron chi connectivity index (χ0n) is 12.0. The number of hydrogen-bond donors (Lipinski definition) is 1. The molecule has 2 unspecified atom stereocenters. The fourth-order valence-corrected chi connectivity index (χ4v) is 2.71. The van der Waals surface area contributed by atoms with E-state index in [0.29, 0.717) is 24.3 Å². The molecule has 0 aliphatic carbocycles. The average Bonchev–Trinajstić information content (AvgIpc) is 2.44. The molecule has 2 rings (SSSR count). The predicted molar refractivity (Wildman–Crippen MR) is 76.5 cm³/mol. The minimum atomic E-state index is -3.82. The van der Waals surface area contributed by atoms with E-state index in [2.05, 4.69) is 0 Å².